The molecule has 1 aliphatic heterocycles. The van der Waals surface area contributed by atoms with Crippen molar-refractivity contribution in [2.75, 3.05) is 0 Å². The van der Waals surface area contributed by atoms with Gasteiger partial charge in [-0.3, -0.25) is 0 Å². The summed E-state index contributed by atoms with van der Waals surface area (Å²) in [7, 11) is 0. The molecular weight excluding hydrogens is 180 g/mol. The zero-order valence-corrected chi connectivity index (χ0v) is 9.03. The summed E-state index contributed by atoms with van der Waals surface area (Å²) in [5.41, 5.74) is 0. The standard InChI is InChI=1S/C11H18O3/c1-4-5-6-7-9-10(8-12)14-11(2,3)13-9/h5-6,8-10H,4,7H2,1-3H3/b6-5-/t9-,10-/m0/s1. The summed E-state index contributed by atoms with van der Waals surface area (Å²) in [6.07, 6.45) is 6.10. The van der Waals surface area contributed by atoms with E-state index < -0.39 is 11.9 Å². The van der Waals surface area contributed by atoms with Crippen molar-refractivity contribution in [1.29, 1.82) is 0 Å². The summed E-state index contributed by atoms with van der Waals surface area (Å²) in [5.74, 6) is -0.629. The first-order valence-electron chi connectivity index (χ1n) is 5.05. The van der Waals surface area contributed by atoms with Crippen LogP contribution in [0, 0.1) is 0 Å². The number of hydrogen-bond donors (Lipinski definition) is 0. The second kappa shape index (κ2) is 4.71. The summed E-state index contributed by atoms with van der Waals surface area (Å²) in [6.45, 7) is 5.73. The van der Waals surface area contributed by atoms with Crippen molar-refractivity contribution in [3.63, 3.8) is 0 Å². The molecule has 0 spiro atoms. The SMILES string of the molecule is CC/C=C\C[C@@H]1OC(C)(C)O[C@H]1C=O. The highest BCUT2D eigenvalue weighted by molar-refractivity contribution is 5.57. The Balaban J connectivity index is 2.51. The number of allylic oxidation sites excluding steroid dienone is 1. The number of carbonyl (C=O) groups is 1. The second-order valence-corrected chi connectivity index (χ2v) is 3.89. The van der Waals surface area contributed by atoms with Gasteiger partial charge >= 0.3 is 0 Å². The summed E-state index contributed by atoms with van der Waals surface area (Å²) in [4.78, 5) is 10.7. The molecule has 0 unspecified atom stereocenters. The minimum absolute atomic E-state index is 0.134. The van der Waals surface area contributed by atoms with Gasteiger partial charge in [-0.15, -0.1) is 0 Å². The van der Waals surface area contributed by atoms with Crippen molar-refractivity contribution >= 4 is 6.29 Å². The fourth-order valence-corrected chi connectivity index (χ4v) is 1.56. The van der Waals surface area contributed by atoms with Gasteiger partial charge in [-0.1, -0.05) is 19.1 Å². The van der Waals surface area contributed by atoms with Gasteiger partial charge in [0.15, 0.2) is 12.1 Å². The summed E-state index contributed by atoms with van der Waals surface area (Å²) in [6, 6.07) is 0. The van der Waals surface area contributed by atoms with Gasteiger partial charge in [-0.25, -0.2) is 0 Å². The molecule has 0 bridgehead atoms. The highest BCUT2D eigenvalue weighted by Gasteiger charge is 2.40. The molecule has 0 aromatic heterocycles. The highest BCUT2D eigenvalue weighted by Crippen LogP contribution is 2.28. The van der Waals surface area contributed by atoms with E-state index in [1.165, 1.54) is 0 Å². The van der Waals surface area contributed by atoms with Gasteiger partial charge < -0.3 is 14.3 Å². The molecular formula is C11H18O3. The summed E-state index contributed by atoms with van der Waals surface area (Å²) >= 11 is 0. The molecule has 1 saturated heterocycles. The van der Waals surface area contributed by atoms with E-state index in [2.05, 4.69) is 13.0 Å². The van der Waals surface area contributed by atoms with Crippen LogP contribution in [0.3, 0.4) is 0 Å². The fraction of sp³-hybridized carbons (Fsp3) is 0.727. The predicted octanol–water partition coefficient (Wildman–Crippen LogP) is 2.06. The predicted molar refractivity (Wildman–Crippen MR) is 53.9 cm³/mol. The zero-order valence-electron chi connectivity index (χ0n) is 9.03. The molecule has 1 heterocycles. The number of carbonyl (C=O) groups excluding carboxylic acids is 1. The van der Waals surface area contributed by atoms with E-state index >= 15 is 0 Å². The Bertz CT molecular complexity index is 221. The van der Waals surface area contributed by atoms with Gasteiger partial charge in [0, 0.05) is 0 Å². The summed E-state index contributed by atoms with van der Waals surface area (Å²) < 4.78 is 11.0. The average molecular weight is 198 g/mol. The molecule has 1 aliphatic rings. The monoisotopic (exact) mass is 198 g/mol. The molecule has 0 saturated carbocycles. The quantitative estimate of drug-likeness (QED) is 0.512. The smallest absolute Gasteiger partial charge is 0.164 e. The van der Waals surface area contributed by atoms with Crippen LogP contribution >= 0.6 is 0 Å². The van der Waals surface area contributed by atoms with Gasteiger partial charge in [0.2, 0.25) is 0 Å². The normalized spacial score (nSPS) is 31.1. The minimum Gasteiger partial charge on any atom is -0.344 e. The van der Waals surface area contributed by atoms with Crippen molar-refractivity contribution in [3.8, 4) is 0 Å². The van der Waals surface area contributed by atoms with Crippen LogP contribution in [-0.2, 0) is 14.3 Å². The van der Waals surface area contributed by atoms with E-state index in [1.807, 2.05) is 19.9 Å². The van der Waals surface area contributed by atoms with Gasteiger partial charge in [-0.2, -0.15) is 0 Å². The lowest BCUT2D eigenvalue weighted by Gasteiger charge is -2.16. The molecule has 0 radical (unpaired) electrons. The lowest BCUT2D eigenvalue weighted by molar-refractivity contribution is -0.149. The van der Waals surface area contributed by atoms with Gasteiger partial charge in [-0.05, 0) is 26.7 Å². The first-order chi connectivity index (χ1) is 6.59. The van der Waals surface area contributed by atoms with Gasteiger partial charge in [0.05, 0.1) is 6.10 Å². The van der Waals surface area contributed by atoms with Crippen LogP contribution < -0.4 is 0 Å². The van der Waals surface area contributed by atoms with Crippen LogP contribution in [0.4, 0.5) is 0 Å². The Kier molecular flexibility index (Phi) is 3.84. The third kappa shape index (κ3) is 2.93. The maximum atomic E-state index is 10.7. The van der Waals surface area contributed by atoms with Crippen molar-refractivity contribution < 1.29 is 14.3 Å². The molecule has 1 rings (SSSR count). The van der Waals surface area contributed by atoms with Crippen LogP contribution in [-0.4, -0.2) is 24.3 Å². The molecule has 0 N–H and O–H groups in total. The molecule has 1 fully saturated rings. The molecule has 80 valence electrons. The Morgan fingerprint density at radius 3 is 2.57 bits per heavy atom. The van der Waals surface area contributed by atoms with Gasteiger partial charge in [0.1, 0.15) is 6.10 Å². The van der Waals surface area contributed by atoms with Crippen LogP contribution in [0.15, 0.2) is 12.2 Å². The largest absolute Gasteiger partial charge is 0.344 e. The molecule has 0 aliphatic carbocycles. The van der Waals surface area contributed by atoms with Crippen molar-refractivity contribution in [2.24, 2.45) is 0 Å². The number of rotatable bonds is 4. The average Bonchev–Trinajstić information content (AvgIpc) is 2.41. The molecule has 3 heteroatoms. The first-order valence-corrected chi connectivity index (χ1v) is 5.05. The van der Waals surface area contributed by atoms with Gasteiger partial charge in [0.25, 0.3) is 0 Å². The van der Waals surface area contributed by atoms with Crippen LogP contribution in [0.25, 0.3) is 0 Å². The topological polar surface area (TPSA) is 35.5 Å². The maximum Gasteiger partial charge on any atom is 0.164 e. The molecule has 0 amide bonds. The molecule has 14 heavy (non-hydrogen) atoms. The minimum atomic E-state index is -0.629. The third-order valence-corrected chi connectivity index (χ3v) is 2.13. The molecule has 2 atom stereocenters. The van der Waals surface area contributed by atoms with E-state index in [-0.39, 0.29) is 6.10 Å². The summed E-state index contributed by atoms with van der Waals surface area (Å²) in [5, 5.41) is 0. The van der Waals surface area contributed by atoms with E-state index in [0.29, 0.717) is 0 Å². The maximum absolute atomic E-state index is 10.7. The molecule has 3 nitrogen and oxygen atoms in total. The van der Waals surface area contributed by atoms with Crippen molar-refractivity contribution in [2.45, 2.75) is 51.6 Å². The van der Waals surface area contributed by atoms with E-state index in [4.69, 9.17) is 9.47 Å². The van der Waals surface area contributed by atoms with Crippen molar-refractivity contribution in [3.05, 3.63) is 12.2 Å². The Labute approximate surface area is 85.1 Å². The first kappa shape index (κ1) is 11.4. The third-order valence-electron chi connectivity index (χ3n) is 2.13. The Morgan fingerprint density at radius 1 is 1.29 bits per heavy atom. The fourth-order valence-electron chi connectivity index (χ4n) is 1.56. The molecule has 0 aromatic carbocycles. The second-order valence-electron chi connectivity index (χ2n) is 3.89. The van der Waals surface area contributed by atoms with Crippen LogP contribution in [0.5, 0.6) is 0 Å². The number of ether oxygens (including phenoxy) is 2. The lowest BCUT2D eigenvalue weighted by atomic mass is 10.1. The molecule has 0 aromatic rings. The zero-order chi connectivity index (χ0) is 10.6. The van der Waals surface area contributed by atoms with Crippen LogP contribution in [0.2, 0.25) is 0 Å². The number of aldehydes is 1. The highest BCUT2D eigenvalue weighted by atomic mass is 16.8. The Hall–Kier alpha value is -0.670. The van der Waals surface area contributed by atoms with Crippen molar-refractivity contribution in [1.82, 2.24) is 0 Å². The van der Waals surface area contributed by atoms with E-state index in [1.54, 1.807) is 0 Å². The number of hydrogen-bond acceptors (Lipinski definition) is 3. The van der Waals surface area contributed by atoms with E-state index in [0.717, 1.165) is 19.1 Å². The van der Waals surface area contributed by atoms with Crippen LogP contribution in [0.1, 0.15) is 33.6 Å². The lowest BCUT2D eigenvalue weighted by Crippen LogP contribution is -2.23. The van der Waals surface area contributed by atoms with E-state index in [9.17, 15) is 4.79 Å². The Morgan fingerprint density at radius 2 is 2.00 bits per heavy atom.